The first-order chi connectivity index (χ1) is 5.13. The van der Waals surface area contributed by atoms with Crippen molar-refractivity contribution in [2.75, 3.05) is 0 Å². The molecule has 0 aliphatic heterocycles. The quantitative estimate of drug-likeness (QED) is 0.538. The van der Waals surface area contributed by atoms with E-state index in [4.69, 9.17) is 5.73 Å². The monoisotopic (exact) mass is 155 g/mol. The molecule has 0 aliphatic rings. The molecule has 1 aromatic heterocycles. The van der Waals surface area contributed by atoms with Gasteiger partial charge in [0.25, 0.3) is 0 Å². The van der Waals surface area contributed by atoms with Gasteiger partial charge in [-0.1, -0.05) is 0 Å². The highest BCUT2D eigenvalue weighted by atomic mass is 16.1. The zero-order valence-corrected chi connectivity index (χ0v) is 6.35. The third kappa shape index (κ3) is 1.40. The standard InChI is InChI=1S/C5H9N5O/c1-3(6)4(11)5-7-8-9-10(5)2/h3H,6H2,1-2H3/t3-/m1/s1. The number of nitrogens with zero attached hydrogens (tertiary/aromatic N) is 4. The van der Waals surface area contributed by atoms with Crippen LogP contribution in [0.3, 0.4) is 0 Å². The maximum atomic E-state index is 11.1. The van der Waals surface area contributed by atoms with Gasteiger partial charge in [-0.05, 0) is 17.4 Å². The summed E-state index contributed by atoms with van der Waals surface area (Å²) < 4.78 is 1.30. The lowest BCUT2D eigenvalue weighted by molar-refractivity contribution is 0.0953. The van der Waals surface area contributed by atoms with E-state index in [1.54, 1.807) is 14.0 Å². The average Bonchev–Trinajstić information content (AvgIpc) is 2.33. The summed E-state index contributed by atoms with van der Waals surface area (Å²) in [6.45, 7) is 1.59. The number of aryl methyl sites for hydroxylation is 1. The summed E-state index contributed by atoms with van der Waals surface area (Å²) in [5, 5.41) is 10.3. The van der Waals surface area contributed by atoms with E-state index in [0.29, 0.717) is 0 Å². The van der Waals surface area contributed by atoms with Crippen LogP contribution in [0.25, 0.3) is 0 Å². The normalized spacial score (nSPS) is 13.0. The van der Waals surface area contributed by atoms with Crippen LogP contribution in [0.2, 0.25) is 0 Å². The van der Waals surface area contributed by atoms with Gasteiger partial charge in [-0.15, -0.1) is 5.10 Å². The molecule has 0 bridgehead atoms. The molecule has 0 aromatic carbocycles. The van der Waals surface area contributed by atoms with Crippen LogP contribution in [-0.4, -0.2) is 32.0 Å². The molecular weight excluding hydrogens is 146 g/mol. The Bertz CT molecular complexity index is 266. The molecule has 11 heavy (non-hydrogen) atoms. The molecule has 1 aromatic rings. The maximum absolute atomic E-state index is 11.1. The number of aromatic nitrogens is 4. The van der Waals surface area contributed by atoms with Gasteiger partial charge in [0.1, 0.15) is 0 Å². The summed E-state index contributed by atoms with van der Waals surface area (Å²) in [7, 11) is 1.59. The molecule has 0 spiro atoms. The van der Waals surface area contributed by atoms with Crippen molar-refractivity contribution in [1.29, 1.82) is 0 Å². The Labute approximate surface area is 63.4 Å². The van der Waals surface area contributed by atoms with Gasteiger partial charge >= 0.3 is 0 Å². The van der Waals surface area contributed by atoms with Crippen LogP contribution in [0.4, 0.5) is 0 Å². The number of carbonyl (C=O) groups is 1. The lowest BCUT2D eigenvalue weighted by Crippen LogP contribution is -2.29. The van der Waals surface area contributed by atoms with Crippen molar-refractivity contribution in [2.24, 2.45) is 12.8 Å². The van der Waals surface area contributed by atoms with Gasteiger partial charge < -0.3 is 5.73 Å². The van der Waals surface area contributed by atoms with Crippen molar-refractivity contribution in [2.45, 2.75) is 13.0 Å². The number of Topliss-reactive ketones (excluding diaryl/α,β-unsaturated/α-hetero) is 1. The summed E-state index contributed by atoms with van der Waals surface area (Å²) in [6.07, 6.45) is 0. The molecule has 6 nitrogen and oxygen atoms in total. The van der Waals surface area contributed by atoms with Crippen molar-refractivity contribution in [1.82, 2.24) is 20.2 Å². The second-order valence-corrected chi connectivity index (χ2v) is 2.28. The summed E-state index contributed by atoms with van der Waals surface area (Å²) >= 11 is 0. The predicted molar refractivity (Wildman–Crippen MR) is 36.8 cm³/mol. The van der Waals surface area contributed by atoms with Crippen LogP contribution in [0, 0.1) is 0 Å². The minimum absolute atomic E-state index is 0.194. The summed E-state index contributed by atoms with van der Waals surface area (Å²) in [4.78, 5) is 11.1. The van der Waals surface area contributed by atoms with E-state index in [1.807, 2.05) is 0 Å². The summed E-state index contributed by atoms with van der Waals surface area (Å²) in [6, 6.07) is -0.556. The molecular formula is C5H9N5O. The van der Waals surface area contributed by atoms with Crippen molar-refractivity contribution >= 4 is 5.78 Å². The molecule has 1 rings (SSSR count). The van der Waals surface area contributed by atoms with Crippen molar-refractivity contribution < 1.29 is 4.79 Å². The number of hydrogen-bond donors (Lipinski definition) is 1. The van der Waals surface area contributed by atoms with Crippen LogP contribution in [0.15, 0.2) is 0 Å². The van der Waals surface area contributed by atoms with Crippen LogP contribution in [-0.2, 0) is 7.05 Å². The highest BCUT2D eigenvalue weighted by Gasteiger charge is 2.16. The van der Waals surface area contributed by atoms with Crippen molar-refractivity contribution in [3.63, 3.8) is 0 Å². The lowest BCUT2D eigenvalue weighted by Gasteiger charge is -1.99. The molecule has 6 heteroatoms. The van der Waals surface area contributed by atoms with Crippen molar-refractivity contribution in [3.8, 4) is 0 Å². The lowest BCUT2D eigenvalue weighted by atomic mass is 10.2. The molecule has 60 valence electrons. The largest absolute Gasteiger partial charge is 0.321 e. The van der Waals surface area contributed by atoms with Gasteiger partial charge in [0.05, 0.1) is 6.04 Å². The van der Waals surface area contributed by atoms with Crippen LogP contribution < -0.4 is 5.73 Å². The van der Waals surface area contributed by atoms with Gasteiger partial charge in [0, 0.05) is 7.05 Å². The Morgan fingerprint density at radius 1 is 1.73 bits per heavy atom. The molecule has 0 fully saturated rings. The summed E-state index contributed by atoms with van der Waals surface area (Å²) in [5.41, 5.74) is 5.34. The first kappa shape index (κ1) is 7.80. The topological polar surface area (TPSA) is 86.7 Å². The first-order valence-corrected chi connectivity index (χ1v) is 3.15. The molecule has 0 unspecified atom stereocenters. The second-order valence-electron chi connectivity index (χ2n) is 2.28. The highest BCUT2D eigenvalue weighted by Crippen LogP contribution is 1.93. The van der Waals surface area contributed by atoms with E-state index in [9.17, 15) is 4.79 Å². The smallest absolute Gasteiger partial charge is 0.219 e. The zero-order valence-electron chi connectivity index (χ0n) is 6.35. The Morgan fingerprint density at radius 2 is 2.36 bits per heavy atom. The van der Waals surface area contributed by atoms with Gasteiger partial charge in [0.2, 0.25) is 11.6 Å². The van der Waals surface area contributed by atoms with E-state index in [2.05, 4.69) is 15.5 Å². The number of rotatable bonds is 2. The molecule has 0 saturated heterocycles. The SMILES string of the molecule is C[C@@H](N)C(=O)c1nnnn1C. The molecule has 0 saturated carbocycles. The number of carbonyl (C=O) groups excluding carboxylic acids is 1. The fraction of sp³-hybridized carbons (Fsp3) is 0.600. The molecule has 0 amide bonds. The van der Waals surface area contributed by atoms with E-state index < -0.39 is 6.04 Å². The first-order valence-electron chi connectivity index (χ1n) is 3.15. The average molecular weight is 155 g/mol. The number of nitrogens with two attached hydrogens (primary N) is 1. The van der Waals surface area contributed by atoms with Gasteiger partial charge in [-0.3, -0.25) is 4.79 Å². The van der Waals surface area contributed by atoms with E-state index in [0.717, 1.165) is 0 Å². The van der Waals surface area contributed by atoms with E-state index in [1.165, 1.54) is 4.68 Å². The van der Waals surface area contributed by atoms with Gasteiger partial charge in [0.15, 0.2) is 0 Å². The number of ketones is 1. The second kappa shape index (κ2) is 2.75. The molecule has 1 heterocycles. The molecule has 0 aliphatic carbocycles. The Kier molecular flexibility index (Phi) is 1.95. The van der Waals surface area contributed by atoms with Crippen LogP contribution >= 0.6 is 0 Å². The Hall–Kier alpha value is -1.30. The minimum Gasteiger partial charge on any atom is -0.321 e. The third-order valence-electron chi connectivity index (χ3n) is 1.25. The zero-order chi connectivity index (χ0) is 8.43. The number of tetrazole rings is 1. The van der Waals surface area contributed by atoms with Crippen LogP contribution in [0.5, 0.6) is 0 Å². The minimum atomic E-state index is -0.556. The predicted octanol–water partition coefficient (Wildman–Crippen LogP) is -1.26. The van der Waals surface area contributed by atoms with E-state index in [-0.39, 0.29) is 11.6 Å². The van der Waals surface area contributed by atoms with Gasteiger partial charge in [-0.25, -0.2) is 4.68 Å². The maximum Gasteiger partial charge on any atom is 0.219 e. The van der Waals surface area contributed by atoms with E-state index >= 15 is 0 Å². The highest BCUT2D eigenvalue weighted by molar-refractivity contribution is 5.96. The fourth-order valence-electron chi connectivity index (χ4n) is 0.642. The Morgan fingerprint density at radius 3 is 2.73 bits per heavy atom. The third-order valence-corrected chi connectivity index (χ3v) is 1.25. The van der Waals surface area contributed by atoms with Crippen molar-refractivity contribution in [3.05, 3.63) is 5.82 Å². The fourth-order valence-corrected chi connectivity index (χ4v) is 0.642. The molecule has 2 N–H and O–H groups in total. The van der Waals surface area contributed by atoms with Crippen LogP contribution in [0.1, 0.15) is 17.5 Å². The summed E-state index contributed by atoms with van der Waals surface area (Å²) in [5.74, 6) is -0.0579. The number of hydrogen-bond acceptors (Lipinski definition) is 5. The Balaban J connectivity index is 2.93. The molecule has 1 atom stereocenters. The molecule has 0 radical (unpaired) electrons. The van der Waals surface area contributed by atoms with Gasteiger partial charge in [-0.2, -0.15) is 0 Å².